The van der Waals surface area contributed by atoms with Gasteiger partial charge in [0.25, 0.3) is 0 Å². The summed E-state index contributed by atoms with van der Waals surface area (Å²) in [7, 11) is -3.21. The Morgan fingerprint density at radius 2 is 1.44 bits per heavy atom. The highest BCUT2D eigenvalue weighted by molar-refractivity contribution is 6.94. The zero-order chi connectivity index (χ0) is 14.0. The van der Waals surface area contributed by atoms with Crippen molar-refractivity contribution in [3.8, 4) is 0 Å². The van der Waals surface area contributed by atoms with Crippen molar-refractivity contribution in [2.45, 2.75) is 47.5 Å². The van der Waals surface area contributed by atoms with Crippen LogP contribution in [-0.2, 0) is 18.1 Å². The summed E-state index contributed by atoms with van der Waals surface area (Å²) in [6.45, 7) is 10.8. The molecule has 0 heterocycles. The van der Waals surface area contributed by atoms with Gasteiger partial charge >= 0.3 is 8.80 Å². The lowest BCUT2D eigenvalue weighted by molar-refractivity contribution is -0.115. The molecule has 0 fully saturated rings. The summed E-state index contributed by atoms with van der Waals surface area (Å²) in [5.41, 5.74) is 1.04. The van der Waals surface area contributed by atoms with E-state index in [1.807, 2.05) is 27.7 Å². The number of rotatable bonds is 10. The van der Waals surface area contributed by atoms with E-state index in [-0.39, 0.29) is 5.41 Å². The first kappa shape index (κ1) is 17.5. The van der Waals surface area contributed by atoms with Gasteiger partial charge in [-0.15, -0.1) is 0 Å². The molecule has 4 nitrogen and oxygen atoms in total. The summed E-state index contributed by atoms with van der Waals surface area (Å²) in [5.74, 6) is 0. The summed E-state index contributed by atoms with van der Waals surface area (Å²) >= 11 is 0. The third kappa shape index (κ3) is 5.43. The second-order valence-electron chi connectivity index (χ2n) is 3.96. The maximum atomic E-state index is 12.3. The Labute approximate surface area is 112 Å². The first-order valence-electron chi connectivity index (χ1n) is 6.69. The maximum absolute atomic E-state index is 12.3. The number of hydrogen-bond acceptors (Lipinski definition) is 4. The molecule has 0 saturated carbocycles. The molecule has 0 aromatic carbocycles. The average molecular weight is 274 g/mol. The summed E-state index contributed by atoms with van der Waals surface area (Å²) in [6, 6.07) is 0. The standard InChI is InChI=1S/C13H26O4Si/c1-6-10-12(5)11-13(14)18(15-7-2,16-8-3)17-9-4/h11H,6-10H2,1-5H3. The maximum Gasteiger partial charge on any atom is 0.579 e. The van der Waals surface area contributed by atoms with Crippen LogP contribution in [0.1, 0.15) is 47.5 Å². The van der Waals surface area contributed by atoms with E-state index in [9.17, 15) is 4.79 Å². The minimum Gasteiger partial charge on any atom is -0.368 e. The van der Waals surface area contributed by atoms with Gasteiger partial charge in [-0.25, -0.2) is 0 Å². The van der Waals surface area contributed by atoms with Crippen LogP contribution >= 0.6 is 0 Å². The van der Waals surface area contributed by atoms with E-state index in [0.717, 1.165) is 18.4 Å². The first-order chi connectivity index (χ1) is 8.56. The van der Waals surface area contributed by atoms with Crippen LogP contribution in [0.4, 0.5) is 0 Å². The monoisotopic (exact) mass is 274 g/mol. The zero-order valence-corrected chi connectivity index (χ0v) is 13.2. The Balaban J connectivity index is 5.02. The van der Waals surface area contributed by atoms with Crippen molar-refractivity contribution in [1.82, 2.24) is 0 Å². The summed E-state index contributed by atoms with van der Waals surface area (Å²) in [5, 5.41) is -0.140. The highest BCUT2D eigenvalue weighted by Gasteiger charge is 2.48. The van der Waals surface area contributed by atoms with Crippen LogP contribution in [0.25, 0.3) is 0 Å². The fourth-order valence-electron chi connectivity index (χ4n) is 1.69. The van der Waals surface area contributed by atoms with Crippen LogP contribution in [0.15, 0.2) is 11.6 Å². The summed E-state index contributed by atoms with van der Waals surface area (Å²) in [6.07, 6.45) is 3.54. The molecule has 0 radical (unpaired) electrons. The molecule has 0 amide bonds. The summed E-state index contributed by atoms with van der Waals surface area (Å²) < 4.78 is 16.7. The molecule has 0 aliphatic rings. The third-order valence-electron chi connectivity index (χ3n) is 2.33. The first-order valence-corrected chi connectivity index (χ1v) is 8.42. The highest BCUT2D eigenvalue weighted by Crippen LogP contribution is 2.15. The Morgan fingerprint density at radius 1 is 1.00 bits per heavy atom. The molecule has 106 valence electrons. The van der Waals surface area contributed by atoms with Crippen molar-refractivity contribution in [3.63, 3.8) is 0 Å². The van der Waals surface area contributed by atoms with Gasteiger partial charge in [-0.1, -0.05) is 18.9 Å². The third-order valence-corrected chi connectivity index (χ3v) is 5.08. The van der Waals surface area contributed by atoms with Gasteiger partial charge in [-0.3, -0.25) is 4.79 Å². The number of carbonyl (C=O) groups excluding carboxylic acids is 1. The van der Waals surface area contributed by atoms with Crippen molar-refractivity contribution in [2.24, 2.45) is 0 Å². The highest BCUT2D eigenvalue weighted by atomic mass is 28.4. The van der Waals surface area contributed by atoms with E-state index < -0.39 is 8.80 Å². The molecule has 0 saturated heterocycles. The molecule has 18 heavy (non-hydrogen) atoms. The molecule has 0 bridgehead atoms. The second kappa shape index (κ2) is 9.44. The molecule has 0 unspecified atom stereocenters. The molecule has 0 aromatic heterocycles. The molecular formula is C13H26O4Si. The van der Waals surface area contributed by atoms with Crippen LogP contribution in [0.5, 0.6) is 0 Å². The van der Waals surface area contributed by atoms with E-state index >= 15 is 0 Å². The smallest absolute Gasteiger partial charge is 0.368 e. The lowest BCUT2D eigenvalue weighted by Crippen LogP contribution is -2.53. The van der Waals surface area contributed by atoms with Gasteiger partial charge < -0.3 is 13.3 Å². The molecule has 0 aliphatic heterocycles. The molecule has 5 heteroatoms. The fourth-order valence-corrected chi connectivity index (χ4v) is 3.93. The van der Waals surface area contributed by atoms with Gasteiger partial charge in [0.1, 0.15) is 0 Å². The normalized spacial score (nSPS) is 12.8. The Morgan fingerprint density at radius 3 is 1.78 bits per heavy atom. The molecule has 0 spiro atoms. The van der Waals surface area contributed by atoms with E-state index in [4.69, 9.17) is 13.3 Å². The molecular weight excluding hydrogens is 248 g/mol. The van der Waals surface area contributed by atoms with E-state index in [2.05, 4.69) is 6.92 Å². The van der Waals surface area contributed by atoms with Crippen molar-refractivity contribution in [1.29, 1.82) is 0 Å². The van der Waals surface area contributed by atoms with Crippen molar-refractivity contribution in [2.75, 3.05) is 19.8 Å². The molecule has 0 aromatic rings. The van der Waals surface area contributed by atoms with Gasteiger partial charge in [0.2, 0.25) is 5.41 Å². The van der Waals surface area contributed by atoms with Crippen molar-refractivity contribution >= 4 is 14.2 Å². The van der Waals surface area contributed by atoms with Crippen molar-refractivity contribution in [3.05, 3.63) is 11.6 Å². The van der Waals surface area contributed by atoms with Crippen LogP contribution < -0.4 is 0 Å². The van der Waals surface area contributed by atoms with Crippen LogP contribution in [0.2, 0.25) is 0 Å². The minimum absolute atomic E-state index is 0.140. The van der Waals surface area contributed by atoms with E-state index in [1.165, 1.54) is 0 Å². The largest absolute Gasteiger partial charge is 0.579 e. The summed E-state index contributed by atoms with van der Waals surface area (Å²) in [4.78, 5) is 12.3. The van der Waals surface area contributed by atoms with Crippen LogP contribution in [0, 0.1) is 0 Å². The minimum atomic E-state index is -3.21. The van der Waals surface area contributed by atoms with Crippen LogP contribution in [-0.4, -0.2) is 34.0 Å². The predicted octanol–water partition coefficient (Wildman–Crippen LogP) is 2.89. The molecule has 0 rings (SSSR count). The van der Waals surface area contributed by atoms with E-state index in [0.29, 0.717) is 19.8 Å². The Bertz CT molecular complexity index is 259. The Kier molecular flexibility index (Phi) is 9.18. The lowest BCUT2D eigenvalue weighted by atomic mass is 10.2. The lowest BCUT2D eigenvalue weighted by Gasteiger charge is -2.25. The number of hydrogen-bond donors (Lipinski definition) is 0. The predicted molar refractivity (Wildman–Crippen MR) is 74.3 cm³/mol. The van der Waals surface area contributed by atoms with Gasteiger partial charge in [0.15, 0.2) is 0 Å². The van der Waals surface area contributed by atoms with Crippen molar-refractivity contribution < 1.29 is 18.1 Å². The van der Waals surface area contributed by atoms with Gasteiger partial charge in [-0.05, 0) is 40.2 Å². The molecule has 0 N–H and O–H groups in total. The zero-order valence-electron chi connectivity index (χ0n) is 12.2. The molecule has 0 aliphatic carbocycles. The van der Waals surface area contributed by atoms with Gasteiger partial charge in [-0.2, -0.15) is 0 Å². The number of allylic oxidation sites excluding steroid dienone is 2. The average Bonchev–Trinajstić information content (AvgIpc) is 2.30. The van der Waals surface area contributed by atoms with Crippen LogP contribution in [0.3, 0.4) is 0 Å². The SMILES string of the molecule is CCCC(C)=CC(=O)[Si](OCC)(OCC)OCC. The van der Waals surface area contributed by atoms with Gasteiger partial charge in [0.05, 0.1) is 0 Å². The van der Waals surface area contributed by atoms with Gasteiger partial charge in [0, 0.05) is 19.8 Å². The topological polar surface area (TPSA) is 44.8 Å². The van der Waals surface area contributed by atoms with E-state index in [1.54, 1.807) is 6.08 Å². The quantitative estimate of drug-likeness (QED) is 0.454. The second-order valence-corrected chi connectivity index (χ2v) is 6.43. The Hall–Kier alpha value is -0.493. The fraction of sp³-hybridized carbons (Fsp3) is 0.769. The molecule has 0 atom stereocenters. The number of carbonyl (C=O) groups is 1.